The zero-order chi connectivity index (χ0) is 22.7. The monoisotopic (exact) mass is 480 g/mol. The molecule has 0 aromatic rings. The fourth-order valence-corrected chi connectivity index (χ4v) is 5.41. The summed E-state index contributed by atoms with van der Waals surface area (Å²) in [6.45, 7) is 14.4. The van der Waals surface area contributed by atoms with Crippen LogP contribution in [0.1, 0.15) is 86.0 Å². The second kappa shape index (κ2) is 19.9. The Balaban J connectivity index is 3.01. The summed E-state index contributed by atoms with van der Waals surface area (Å²) in [6.07, 6.45) is 8.07. The minimum Gasteiger partial charge on any atom is -0.379 e. The molecule has 0 radical (unpaired) electrons. The Morgan fingerprint density at radius 1 is 0.645 bits per heavy atom. The van der Waals surface area contributed by atoms with E-state index in [2.05, 4.69) is 34.6 Å². The average molecular weight is 481 g/mol. The number of hydrogen-bond donors (Lipinski definition) is 0. The minimum absolute atomic E-state index is 0.0840. The second-order valence-corrected chi connectivity index (χ2v) is 10.8. The van der Waals surface area contributed by atoms with Crippen molar-refractivity contribution in [1.29, 1.82) is 0 Å². The zero-order valence-electron chi connectivity index (χ0n) is 20.6. The summed E-state index contributed by atoms with van der Waals surface area (Å²) >= 11 is 0. The van der Waals surface area contributed by atoms with E-state index in [0.717, 1.165) is 76.9 Å². The standard InChI is InChI=1S/C24H48O5S2/c1-6-11-15-25-19-20-21(26-16-12-7-2)22(27-17-13-8-3)23(28-18-14-9-4)24(29-20)31-30-10-5/h20-24H,6-19H2,1-5H3. The first-order valence-corrected chi connectivity index (χ1v) is 15.0. The predicted octanol–water partition coefficient (Wildman–Crippen LogP) is 6.49. The molecule has 5 unspecified atom stereocenters. The first-order chi connectivity index (χ1) is 15.2. The van der Waals surface area contributed by atoms with Crippen LogP contribution in [0.25, 0.3) is 0 Å². The summed E-state index contributed by atoms with van der Waals surface area (Å²) in [6, 6.07) is 0. The summed E-state index contributed by atoms with van der Waals surface area (Å²) < 4.78 is 31.8. The molecule has 1 rings (SSSR count). The highest BCUT2D eigenvalue weighted by atomic mass is 33.1. The number of hydrogen-bond acceptors (Lipinski definition) is 7. The Morgan fingerprint density at radius 2 is 1.16 bits per heavy atom. The van der Waals surface area contributed by atoms with Gasteiger partial charge < -0.3 is 23.7 Å². The van der Waals surface area contributed by atoms with Crippen LogP contribution in [0, 0.1) is 0 Å². The van der Waals surface area contributed by atoms with E-state index in [1.54, 1.807) is 10.8 Å². The first-order valence-electron chi connectivity index (χ1n) is 12.6. The van der Waals surface area contributed by atoms with E-state index < -0.39 is 0 Å². The van der Waals surface area contributed by atoms with Gasteiger partial charge in [0.25, 0.3) is 0 Å². The van der Waals surface area contributed by atoms with Crippen LogP contribution in [-0.2, 0) is 23.7 Å². The molecule has 1 aliphatic rings. The summed E-state index contributed by atoms with van der Waals surface area (Å²) in [5.41, 5.74) is -0.0840. The molecule has 1 fully saturated rings. The van der Waals surface area contributed by atoms with Crippen molar-refractivity contribution in [2.45, 2.75) is 116 Å². The molecule has 0 aromatic carbocycles. The molecule has 0 aliphatic carbocycles. The van der Waals surface area contributed by atoms with Crippen molar-refractivity contribution in [1.82, 2.24) is 0 Å². The molecule has 0 bridgehead atoms. The highest BCUT2D eigenvalue weighted by molar-refractivity contribution is 8.76. The second-order valence-electron chi connectivity index (χ2n) is 8.04. The maximum absolute atomic E-state index is 6.58. The molecule has 0 saturated carbocycles. The Kier molecular flexibility index (Phi) is 19.0. The highest BCUT2D eigenvalue weighted by Crippen LogP contribution is 2.39. The predicted molar refractivity (Wildman–Crippen MR) is 134 cm³/mol. The quantitative estimate of drug-likeness (QED) is 0.146. The van der Waals surface area contributed by atoms with Gasteiger partial charge >= 0.3 is 0 Å². The third-order valence-electron chi connectivity index (χ3n) is 5.22. The van der Waals surface area contributed by atoms with Crippen LogP contribution in [0.15, 0.2) is 0 Å². The fourth-order valence-electron chi connectivity index (χ4n) is 3.33. The SMILES string of the molecule is CCCCOCC1OC(SSCC)C(OCCCC)C(OCCCC)C1OCCCC. The lowest BCUT2D eigenvalue weighted by Crippen LogP contribution is -2.60. The van der Waals surface area contributed by atoms with Gasteiger partial charge in [0, 0.05) is 32.2 Å². The largest absolute Gasteiger partial charge is 0.379 e. The topological polar surface area (TPSA) is 46.2 Å². The Labute approximate surface area is 199 Å². The van der Waals surface area contributed by atoms with Crippen LogP contribution in [-0.4, -0.2) is 68.6 Å². The molecule has 5 nitrogen and oxygen atoms in total. The lowest BCUT2D eigenvalue weighted by atomic mass is 9.99. The summed E-state index contributed by atoms with van der Waals surface area (Å²) in [4.78, 5) is 0. The van der Waals surface area contributed by atoms with Gasteiger partial charge in [0.1, 0.15) is 29.9 Å². The van der Waals surface area contributed by atoms with E-state index >= 15 is 0 Å². The van der Waals surface area contributed by atoms with Gasteiger partial charge in [-0.25, -0.2) is 0 Å². The summed E-state index contributed by atoms with van der Waals surface area (Å²) in [5, 5.41) is 0. The molecule has 1 aliphatic heterocycles. The molecule has 31 heavy (non-hydrogen) atoms. The molecular formula is C24H48O5S2. The van der Waals surface area contributed by atoms with E-state index in [9.17, 15) is 0 Å². The summed E-state index contributed by atoms with van der Waals surface area (Å²) in [7, 11) is 3.58. The van der Waals surface area contributed by atoms with Gasteiger partial charge in [0.05, 0.1) is 6.61 Å². The Morgan fingerprint density at radius 3 is 1.71 bits per heavy atom. The number of ether oxygens (including phenoxy) is 5. The molecule has 5 atom stereocenters. The van der Waals surface area contributed by atoms with Crippen molar-refractivity contribution in [3.05, 3.63) is 0 Å². The van der Waals surface area contributed by atoms with Crippen LogP contribution in [0.3, 0.4) is 0 Å². The smallest absolute Gasteiger partial charge is 0.142 e. The van der Waals surface area contributed by atoms with Gasteiger partial charge in [0.15, 0.2) is 0 Å². The molecular weight excluding hydrogens is 432 g/mol. The van der Waals surface area contributed by atoms with E-state index in [4.69, 9.17) is 23.7 Å². The molecule has 0 N–H and O–H groups in total. The van der Waals surface area contributed by atoms with E-state index in [1.165, 1.54) is 0 Å². The molecule has 186 valence electrons. The Hall–Kier alpha value is 0.500. The van der Waals surface area contributed by atoms with Gasteiger partial charge in [-0.2, -0.15) is 0 Å². The van der Waals surface area contributed by atoms with Crippen molar-refractivity contribution < 1.29 is 23.7 Å². The van der Waals surface area contributed by atoms with Gasteiger partial charge in [-0.15, -0.1) is 0 Å². The minimum atomic E-state index is -0.167. The summed E-state index contributed by atoms with van der Waals surface area (Å²) in [5.74, 6) is 1.03. The van der Waals surface area contributed by atoms with Crippen LogP contribution in [0.2, 0.25) is 0 Å². The van der Waals surface area contributed by atoms with Crippen LogP contribution in [0.4, 0.5) is 0 Å². The molecule has 1 saturated heterocycles. The molecule has 0 amide bonds. The van der Waals surface area contributed by atoms with Crippen molar-refractivity contribution >= 4 is 21.6 Å². The average Bonchev–Trinajstić information content (AvgIpc) is 2.78. The molecule has 0 aromatic heterocycles. The first kappa shape index (κ1) is 29.5. The lowest BCUT2D eigenvalue weighted by Gasteiger charge is -2.45. The van der Waals surface area contributed by atoms with E-state index in [0.29, 0.717) is 13.2 Å². The van der Waals surface area contributed by atoms with Gasteiger partial charge in [0.2, 0.25) is 0 Å². The zero-order valence-corrected chi connectivity index (χ0v) is 22.3. The van der Waals surface area contributed by atoms with Crippen LogP contribution >= 0.6 is 21.6 Å². The highest BCUT2D eigenvalue weighted by Gasteiger charge is 2.48. The van der Waals surface area contributed by atoms with E-state index in [1.807, 2.05) is 10.8 Å². The van der Waals surface area contributed by atoms with Crippen LogP contribution in [0.5, 0.6) is 0 Å². The molecule has 7 heteroatoms. The maximum Gasteiger partial charge on any atom is 0.142 e. The molecule has 1 heterocycles. The Bertz CT molecular complexity index is 402. The molecule has 0 spiro atoms. The number of unbranched alkanes of at least 4 members (excludes halogenated alkanes) is 4. The fraction of sp³-hybridized carbons (Fsp3) is 1.00. The maximum atomic E-state index is 6.58. The van der Waals surface area contributed by atoms with Crippen molar-refractivity contribution in [3.8, 4) is 0 Å². The van der Waals surface area contributed by atoms with Crippen molar-refractivity contribution in [2.75, 3.05) is 38.8 Å². The van der Waals surface area contributed by atoms with Gasteiger partial charge in [-0.05, 0) is 25.7 Å². The third kappa shape index (κ3) is 12.0. The van der Waals surface area contributed by atoms with Crippen molar-refractivity contribution in [2.24, 2.45) is 0 Å². The van der Waals surface area contributed by atoms with E-state index in [-0.39, 0.29) is 29.9 Å². The van der Waals surface area contributed by atoms with Gasteiger partial charge in [-0.3, -0.25) is 0 Å². The van der Waals surface area contributed by atoms with Crippen LogP contribution < -0.4 is 0 Å². The number of rotatable bonds is 20. The normalized spacial score (nSPS) is 26.4. The van der Waals surface area contributed by atoms with Crippen molar-refractivity contribution in [3.63, 3.8) is 0 Å². The lowest BCUT2D eigenvalue weighted by molar-refractivity contribution is -0.247. The van der Waals surface area contributed by atoms with Gasteiger partial charge in [-0.1, -0.05) is 81.9 Å². The third-order valence-corrected chi connectivity index (χ3v) is 7.85.